The van der Waals surface area contributed by atoms with E-state index in [1.165, 1.54) is 5.69 Å². The average Bonchev–Trinajstić information content (AvgIpc) is 2.81. The molecule has 1 aromatic rings. The molecule has 1 saturated heterocycles. The van der Waals surface area contributed by atoms with E-state index in [1.54, 1.807) is 7.11 Å². The fourth-order valence-electron chi connectivity index (χ4n) is 3.11. The molecule has 0 atom stereocenters. The number of hydrogen-bond acceptors (Lipinski definition) is 3. The van der Waals surface area contributed by atoms with Gasteiger partial charge in [-0.15, -0.1) is 0 Å². The molecule has 0 saturated carbocycles. The lowest BCUT2D eigenvalue weighted by atomic mass is 9.96. The Hall–Kier alpha value is -1.36. The summed E-state index contributed by atoms with van der Waals surface area (Å²) in [5.74, 6) is 2.37. The summed E-state index contributed by atoms with van der Waals surface area (Å²) in [4.78, 5) is 18.6. The van der Waals surface area contributed by atoms with E-state index in [0.717, 1.165) is 38.3 Å². The van der Waals surface area contributed by atoms with Crippen LogP contribution in [0.25, 0.3) is 0 Å². The molecule has 1 aliphatic rings. The summed E-state index contributed by atoms with van der Waals surface area (Å²) < 4.78 is 7.48. The van der Waals surface area contributed by atoms with E-state index in [-0.39, 0.29) is 0 Å². The van der Waals surface area contributed by atoms with Gasteiger partial charge in [-0.2, -0.15) is 0 Å². The number of methoxy groups -OCH3 is 1. The molecule has 22 heavy (non-hydrogen) atoms. The van der Waals surface area contributed by atoms with Crippen LogP contribution in [0.5, 0.6) is 0 Å². The molecule has 0 unspecified atom stereocenters. The molecule has 2 rings (SSSR count). The summed E-state index contributed by atoms with van der Waals surface area (Å²) >= 11 is 0. The van der Waals surface area contributed by atoms with Crippen LogP contribution in [0.4, 0.5) is 0 Å². The third kappa shape index (κ3) is 4.32. The molecule has 5 heteroatoms. The maximum absolute atomic E-state index is 12.1. The van der Waals surface area contributed by atoms with Crippen molar-refractivity contribution in [2.75, 3.05) is 20.2 Å². The Morgan fingerprint density at radius 2 is 2.09 bits per heavy atom. The SMILES string of the molecule is COCc1ncc(C)n1CC1CCN(C(=O)CC(C)C)CC1. The molecule has 0 radical (unpaired) electrons. The molecule has 2 heterocycles. The maximum atomic E-state index is 12.1. The number of piperidine rings is 1. The Balaban J connectivity index is 1.87. The normalized spacial score (nSPS) is 16.5. The fraction of sp³-hybridized carbons (Fsp3) is 0.765. The number of amides is 1. The van der Waals surface area contributed by atoms with Crippen LogP contribution in [0.1, 0.15) is 44.6 Å². The van der Waals surface area contributed by atoms with Crippen molar-refractivity contribution in [1.29, 1.82) is 0 Å². The van der Waals surface area contributed by atoms with E-state index >= 15 is 0 Å². The van der Waals surface area contributed by atoms with Crippen molar-refractivity contribution in [1.82, 2.24) is 14.5 Å². The van der Waals surface area contributed by atoms with E-state index in [4.69, 9.17) is 4.74 Å². The Morgan fingerprint density at radius 1 is 1.41 bits per heavy atom. The van der Waals surface area contributed by atoms with Crippen molar-refractivity contribution >= 4 is 5.91 Å². The van der Waals surface area contributed by atoms with Crippen LogP contribution in [0.3, 0.4) is 0 Å². The van der Waals surface area contributed by atoms with Crippen molar-refractivity contribution in [3.63, 3.8) is 0 Å². The molecule has 0 bridgehead atoms. The van der Waals surface area contributed by atoms with Gasteiger partial charge in [0.1, 0.15) is 12.4 Å². The highest BCUT2D eigenvalue weighted by Gasteiger charge is 2.24. The highest BCUT2D eigenvalue weighted by Crippen LogP contribution is 2.22. The van der Waals surface area contributed by atoms with Gasteiger partial charge in [-0.05, 0) is 31.6 Å². The van der Waals surface area contributed by atoms with Gasteiger partial charge in [-0.25, -0.2) is 4.98 Å². The first kappa shape index (κ1) is 17.0. The number of likely N-dealkylation sites (tertiary alicyclic amines) is 1. The number of imidazole rings is 1. The Kier molecular flexibility index (Phi) is 6.00. The first-order chi connectivity index (χ1) is 10.5. The molecular formula is C17H29N3O2. The van der Waals surface area contributed by atoms with Crippen molar-refractivity contribution < 1.29 is 9.53 Å². The highest BCUT2D eigenvalue weighted by molar-refractivity contribution is 5.76. The molecule has 1 amide bonds. The second-order valence-corrected chi connectivity index (χ2v) is 6.78. The number of carbonyl (C=O) groups is 1. The van der Waals surface area contributed by atoms with Gasteiger partial charge in [0.2, 0.25) is 5.91 Å². The molecule has 1 fully saturated rings. The van der Waals surface area contributed by atoms with Crippen molar-refractivity contribution in [3.8, 4) is 0 Å². The minimum Gasteiger partial charge on any atom is -0.377 e. The molecule has 0 aromatic carbocycles. The second-order valence-electron chi connectivity index (χ2n) is 6.78. The predicted molar refractivity (Wildman–Crippen MR) is 86.4 cm³/mol. The summed E-state index contributed by atoms with van der Waals surface area (Å²) in [5, 5.41) is 0. The van der Waals surface area contributed by atoms with Crippen LogP contribution in [0.15, 0.2) is 6.20 Å². The van der Waals surface area contributed by atoms with E-state index in [2.05, 4.69) is 30.3 Å². The van der Waals surface area contributed by atoms with Crippen molar-refractivity contribution in [2.45, 2.75) is 53.2 Å². The zero-order valence-electron chi connectivity index (χ0n) is 14.3. The van der Waals surface area contributed by atoms with Crippen LogP contribution < -0.4 is 0 Å². The average molecular weight is 307 g/mol. The summed E-state index contributed by atoms with van der Waals surface area (Å²) in [5.41, 5.74) is 1.19. The van der Waals surface area contributed by atoms with E-state index in [1.807, 2.05) is 11.1 Å². The van der Waals surface area contributed by atoms with Crippen LogP contribution in [-0.4, -0.2) is 40.6 Å². The Labute approximate surface area is 133 Å². The number of aromatic nitrogens is 2. The monoisotopic (exact) mass is 307 g/mol. The lowest BCUT2D eigenvalue weighted by Gasteiger charge is -2.33. The van der Waals surface area contributed by atoms with Gasteiger partial charge >= 0.3 is 0 Å². The summed E-state index contributed by atoms with van der Waals surface area (Å²) in [6, 6.07) is 0. The third-order valence-corrected chi connectivity index (χ3v) is 4.40. The number of rotatable bonds is 6. The quantitative estimate of drug-likeness (QED) is 0.811. The zero-order chi connectivity index (χ0) is 16.1. The molecule has 124 valence electrons. The maximum Gasteiger partial charge on any atom is 0.222 e. The second kappa shape index (κ2) is 7.77. The Morgan fingerprint density at radius 3 is 2.68 bits per heavy atom. The van der Waals surface area contributed by atoms with Crippen LogP contribution >= 0.6 is 0 Å². The minimum atomic E-state index is 0.312. The van der Waals surface area contributed by atoms with Gasteiger partial charge in [-0.3, -0.25) is 4.79 Å². The van der Waals surface area contributed by atoms with Crippen molar-refractivity contribution in [2.24, 2.45) is 11.8 Å². The number of hydrogen-bond donors (Lipinski definition) is 0. The number of ether oxygens (including phenoxy) is 1. The highest BCUT2D eigenvalue weighted by atomic mass is 16.5. The van der Waals surface area contributed by atoms with Crippen LogP contribution in [0.2, 0.25) is 0 Å². The predicted octanol–water partition coefficient (Wildman–Crippen LogP) is 2.62. The largest absolute Gasteiger partial charge is 0.377 e. The number of aryl methyl sites for hydroxylation is 1. The standard InChI is InChI=1S/C17H29N3O2/c1-13(2)9-17(21)19-7-5-15(6-8-19)11-20-14(3)10-18-16(20)12-22-4/h10,13,15H,5-9,11-12H2,1-4H3. The molecule has 5 nitrogen and oxygen atoms in total. The van der Waals surface area contributed by atoms with Crippen LogP contribution in [-0.2, 0) is 22.7 Å². The molecular weight excluding hydrogens is 278 g/mol. The summed E-state index contributed by atoms with van der Waals surface area (Å²) in [6.07, 6.45) is 4.74. The Bertz CT molecular complexity index is 488. The van der Waals surface area contributed by atoms with Crippen molar-refractivity contribution in [3.05, 3.63) is 17.7 Å². The fourth-order valence-corrected chi connectivity index (χ4v) is 3.11. The molecule has 1 aromatic heterocycles. The van der Waals surface area contributed by atoms with Crippen LogP contribution in [0, 0.1) is 18.8 Å². The van der Waals surface area contributed by atoms with Gasteiger partial charge in [-0.1, -0.05) is 13.8 Å². The number of carbonyl (C=O) groups excluding carboxylic acids is 1. The number of nitrogens with zero attached hydrogens (tertiary/aromatic N) is 3. The van der Waals surface area contributed by atoms with Gasteiger partial charge < -0.3 is 14.2 Å². The summed E-state index contributed by atoms with van der Waals surface area (Å²) in [7, 11) is 1.70. The lowest BCUT2D eigenvalue weighted by molar-refractivity contribution is -0.133. The topological polar surface area (TPSA) is 47.4 Å². The lowest BCUT2D eigenvalue weighted by Crippen LogP contribution is -2.39. The van der Waals surface area contributed by atoms with E-state index in [0.29, 0.717) is 30.8 Å². The molecule has 0 spiro atoms. The van der Waals surface area contributed by atoms with Gasteiger partial charge in [0.25, 0.3) is 0 Å². The summed E-state index contributed by atoms with van der Waals surface area (Å²) in [6.45, 7) is 9.62. The molecule has 0 N–H and O–H groups in total. The third-order valence-electron chi connectivity index (χ3n) is 4.40. The zero-order valence-corrected chi connectivity index (χ0v) is 14.3. The minimum absolute atomic E-state index is 0.312. The van der Waals surface area contributed by atoms with Gasteiger partial charge in [0.05, 0.1) is 0 Å². The first-order valence-electron chi connectivity index (χ1n) is 8.29. The smallest absolute Gasteiger partial charge is 0.222 e. The van der Waals surface area contributed by atoms with E-state index < -0.39 is 0 Å². The van der Waals surface area contributed by atoms with Gasteiger partial charge in [0.15, 0.2) is 0 Å². The van der Waals surface area contributed by atoms with Gasteiger partial charge in [0, 0.05) is 45.1 Å². The molecule has 1 aliphatic heterocycles. The van der Waals surface area contributed by atoms with E-state index in [9.17, 15) is 4.79 Å². The molecule has 0 aliphatic carbocycles. The first-order valence-corrected chi connectivity index (χ1v) is 8.29.